The second-order valence-corrected chi connectivity index (χ2v) is 5.83. The van der Waals surface area contributed by atoms with Crippen molar-refractivity contribution in [3.63, 3.8) is 0 Å². The number of allylic oxidation sites excluding steroid dienone is 1. The summed E-state index contributed by atoms with van der Waals surface area (Å²) in [7, 11) is 0. The molecule has 0 aliphatic rings. The van der Waals surface area contributed by atoms with Gasteiger partial charge in [0.05, 0.1) is 5.60 Å². The molecule has 2 atom stereocenters. The monoisotopic (exact) mass is 266 g/mol. The van der Waals surface area contributed by atoms with Gasteiger partial charge in [-0.05, 0) is 19.3 Å². The van der Waals surface area contributed by atoms with E-state index in [2.05, 4.69) is 27.0 Å². The first-order valence-electron chi connectivity index (χ1n) is 8.06. The molecule has 112 valence electrons. The summed E-state index contributed by atoms with van der Waals surface area (Å²) in [5.41, 5.74) is -0.584. The van der Waals surface area contributed by atoms with Crippen LogP contribution in [0.5, 0.6) is 0 Å². The quantitative estimate of drug-likeness (QED) is 0.337. The van der Waals surface area contributed by atoms with E-state index in [4.69, 9.17) is 0 Å². The van der Waals surface area contributed by atoms with Crippen molar-refractivity contribution in [3.8, 4) is 0 Å². The number of unbranched alkanes of at least 4 members (excludes halogenated alkanes) is 6. The Morgan fingerprint density at radius 3 is 2.11 bits per heavy atom. The summed E-state index contributed by atoms with van der Waals surface area (Å²) in [5, 5.41) is 10.7. The van der Waals surface area contributed by atoms with Gasteiger partial charge >= 0.3 is 0 Å². The molecular weight excluding hydrogens is 232 g/mol. The highest BCUT2D eigenvalue weighted by Crippen LogP contribution is 2.30. The molecule has 1 heteroatoms. The second kappa shape index (κ2) is 11.3. The maximum absolute atomic E-state index is 10.7. The second-order valence-electron chi connectivity index (χ2n) is 5.83. The number of rotatable bonds is 13. The van der Waals surface area contributed by atoms with Crippen LogP contribution < -0.4 is 0 Å². The first-order chi connectivity index (χ1) is 9.10. The van der Waals surface area contributed by atoms with Crippen molar-refractivity contribution in [3.05, 3.63) is 25.3 Å². The molecule has 0 heterocycles. The smallest absolute Gasteiger partial charge is 0.0710 e. The zero-order valence-electron chi connectivity index (χ0n) is 13.2. The van der Waals surface area contributed by atoms with Crippen LogP contribution >= 0.6 is 0 Å². The van der Waals surface area contributed by atoms with E-state index >= 15 is 0 Å². The average molecular weight is 266 g/mol. The van der Waals surface area contributed by atoms with Crippen LogP contribution in [0.1, 0.15) is 78.1 Å². The topological polar surface area (TPSA) is 20.2 Å². The predicted octanol–water partition coefficient (Wildman–Crippen LogP) is 5.65. The van der Waals surface area contributed by atoms with Gasteiger partial charge in [0.2, 0.25) is 0 Å². The van der Waals surface area contributed by atoms with Crippen molar-refractivity contribution in [1.82, 2.24) is 0 Å². The molecule has 0 aromatic heterocycles. The maximum atomic E-state index is 10.7. The molecular formula is C18H34O. The van der Waals surface area contributed by atoms with Crippen LogP contribution in [-0.2, 0) is 0 Å². The highest BCUT2D eigenvalue weighted by molar-refractivity contribution is 4.94. The molecule has 0 aliphatic carbocycles. The number of aliphatic hydroxyl groups is 1. The minimum atomic E-state index is -0.584. The lowest BCUT2D eigenvalue weighted by Gasteiger charge is -2.32. The van der Waals surface area contributed by atoms with Crippen LogP contribution in [0.15, 0.2) is 25.3 Å². The van der Waals surface area contributed by atoms with Crippen LogP contribution in [0.4, 0.5) is 0 Å². The normalized spacial score (nSPS) is 15.7. The Hall–Kier alpha value is -0.560. The van der Waals surface area contributed by atoms with Crippen LogP contribution in [0.25, 0.3) is 0 Å². The van der Waals surface area contributed by atoms with E-state index in [0.717, 1.165) is 25.7 Å². The van der Waals surface area contributed by atoms with E-state index in [9.17, 15) is 5.11 Å². The molecule has 0 amide bonds. The fraction of sp³-hybridized carbons (Fsp3) is 0.778. The minimum absolute atomic E-state index is 0.160. The third kappa shape index (κ3) is 8.26. The van der Waals surface area contributed by atoms with Gasteiger partial charge in [0, 0.05) is 5.92 Å². The molecule has 0 spiro atoms. The summed E-state index contributed by atoms with van der Waals surface area (Å²) in [6.07, 6.45) is 15.4. The van der Waals surface area contributed by atoms with Gasteiger partial charge in [0.25, 0.3) is 0 Å². The summed E-state index contributed by atoms with van der Waals surface area (Å²) in [4.78, 5) is 0. The Kier molecular flexibility index (Phi) is 10.9. The first kappa shape index (κ1) is 18.4. The summed E-state index contributed by atoms with van der Waals surface area (Å²) in [5.74, 6) is 0.160. The lowest BCUT2D eigenvalue weighted by molar-refractivity contribution is -0.0119. The summed E-state index contributed by atoms with van der Waals surface area (Å²) in [6, 6.07) is 0. The molecule has 2 unspecified atom stereocenters. The summed E-state index contributed by atoms with van der Waals surface area (Å²) in [6.45, 7) is 11.9. The summed E-state index contributed by atoms with van der Waals surface area (Å²) >= 11 is 0. The molecule has 0 aliphatic heterocycles. The highest BCUT2D eigenvalue weighted by Gasteiger charge is 2.30. The molecule has 0 saturated carbocycles. The van der Waals surface area contributed by atoms with Crippen LogP contribution in [0, 0.1) is 5.92 Å². The SMILES string of the molecule is C=CCCC(O)(CCCCCCCCC)C(C)C=C. The molecule has 1 N–H and O–H groups in total. The van der Waals surface area contributed by atoms with Gasteiger partial charge in [0.15, 0.2) is 0 Å². The molecule has 0 aromatic rings. The lowest BCUT2D eigenvalue weighted by atomic mass is 9.80. The van der Waals surface area contributed by atoms with Crippen molar-refractivity contribution in [2.75, 3.05) is 0 Å². The van der Waals surface area contributed by atoms with Gasteiger partial charge < -0.3 is 5.11 Å². The van der Waals surface area contributed by atoms with Gasteiger partial charge in [-0.25, -0.2) is 0 Å². The van der Waals surface area contributed by atoms with Crippen LogP contribution in [0.3, 0.4) is 0 Å². The molecule has 0 aromatic carbocycles. The Morgan fingerprint density at radius 2 is 1.58 bits per heavy atom. The zero-order chi connectivity index (χ0) is 14.6. The van der Waals surface area contributed by atoms with E-state index in [1.807, 2.05) is 12.2 Å². The summed E-state index contributed by atoms with van der Waals surface area (Å²) < 4.78 is 0. The Balaban J connectivity index is 3.92. The van der Waals surface area contributed by atoms with Crippen molar-refractivity contribution in [2.24, 2.45) is 5.92 Å². The van der Waals surface area contributed by atoms with E-state index in [0.29, 0.717) is 0 Å². The van der Waals surface area contributed by atoms with Crippen molar-refractivity contribution >= 4 is 0 Å². The van der Waals surface area contributed by atoms with Gasteiger partial charge in [-0.15, -0.1) is 13.2 Å². The fourth-order valence-electron chi connectivity index (χ4n) is 2.54. The zero-order valence-corrected chi connectivity index (χ0v) is 13.2. The lowest BCUT2D eigenvalue weighted by Crippen LogP contribution is -2.35. The number of hydrogen-bond acceptors (Lipinski definition) is 1. The Labute approximate surface area is 120 Å². The number of hydrogen-bond donors (Lipinski definition) is 1. The van der Waals surface area contributed by atoms with Crippen molar-refractivity contribution in [2.45, 2.75) is 83.7 Å². The maximum Gasteiger partial charge on any atom is 0.0710 e. The van der Waals surface area contributed by atoms with Crippen LogP contribution in [0.2, 0.25) is 0 Å². The molecule has 0 saturated heterocycles. The third-order valence-electron chi connectivity index (χ3n) is 4.20. The standard InChI is InChI=1S/C18H34O/c1-5-8-10-11-12-13-14-16-18(19,15-9-6-2)17(4)7-3/h6-7,17,19H,2-3,5,8-16H2,1,4H3. The molecule has 0 fully saturated rings. The van der Waals surface area contributed by atoms with E-state index < -0.39 is 5.60 Å². The minimum Gasteiger partial charge on any atom is -0.389 e. The van der Waals surface area contributed by atoms with Gasteiger partial charge in [-0.3, -0.25) is 0 Å². The molecule has 1 nitrogen and oxygen atoms in total. The third-order valence-corrected chi connectivity index (χ3v) is 4.20. The van der Waals surface area contributed by atoms with Crippen molar-refractivity contribution in [1.29, 1.82) is 0 Å². The predicted molar refractivity (Wildman–Crippen MR) is 86.4 cm³/mol. The van der Waals surface area contributed by atoms with Crippen molar-refractivity contribution < 1.29 is 5.11 Å². The van der Waals surface area contributed by atoms with Gasteiger partial charge in [-0.1, -0.05) is 70.9 Å². The van der Waals surface area contributed by atoms with E-state index in [1.165, 1.54) is 38.5 Å². The highest BCUT2D eigenvalue weighted by atomic mass is 16.3. The van der Waals surface area contributed by atoms with E-state index in [-0.39, 0.29) is 5.92 Å². The molecule has 0 radical (unpaired) electrons. The van der Waals surface area contributed by atoms with Gasteiger partial charge in [0.1, 0.15) is 0 Å². The largest absolute Gasteiger partial charge is 0.389 e. The fourth-order valence-corrected chi connectivity index (χ4v) is 2.54. The molecule has 0 bridgehead atoms. The van der Waals surface area contributed by atoms with Crippen LogP contribution in [-0.4, -0.2) is 10.7 Å². The Bertz CT molecular complexity index is 234. The van der Waals surface area contributed by atoms with Gasteiger partial charge in [-0.2, -0.15) is 0 Å². The average Bonchev–Trinajstić information content (AvgIpc) is 2.43. The molecule has 19 heavy (non-hydrogen) atoms. The Morgan fingerprint density at radius 1 is 1.00 bits per heavy atom. The molecule has 0 rings (SSSR count). The first-order valence-corrected chi connectivity index (χ1v) is 8.06. The van der Waals surface area contributed by atoms with E-state index in [1.54, 1.807) is 0 Å².